The second-order valence-corrected chi connectivity index (χ2v) is 6.93. The van der Waals surface area contributed by atoms with Crippen molar-refractivity contribution < 1.29 is 23.8 Å². The molecule has 0 radical (unpaired) electrons. The topological polar surface area (TPSA) is 85.9 Å². The van der Waals surface area contributed by atoms with Crippen LogP contribution in [0.25, 0.3) is 0 Å². The van der Waals surface area contributed by atoms with Gasteiger partial charge in [0.25, 0.3) is 5.91 Å². The molecule has 158 valence electrons. The molecule has 31 heavy (non-hydrogen) atoms. The van der Waals surface area contributed by atoms with Crippen LogP contribution in [-0.2, 0) is 4.79 Å². The molecule has 0 saturated carbocycles. The summed E-state index contributed by atoms with van der Waals surface area (Å²) < 4.78 is 16.9. The number of para-hydroxylation sites is 3. The van der Waals surface area contributed by atoms with Gasteiger partial charge in [0.2, 0.25) is 5.91 Å². The number of amides is 2. The molecule has 0 spiro atoms. The van der Waals surface area contributed by atoms with E-state index in [2.05, 4.69) is 10.6 Å². The highest BCUT2D eigenvalue weighted by Gasteiger charge is 2.31. The molecule has 0 bridgehead atoms. The van der Waals surface area contributed by atoms with Gasteiger partial charge in [-0.25, -0.2) is 0 Å². The van der Waals surface area contributed by atoms with Gasteiger partial charge in [0.15, 0.2) is 17.2 Å². The zero-order chi connectivity index (χ0) is 21.8. The van der Waals surface area contributed by atoms with Gasteiger partial charge in [0.05, 0.1) is 20.1 Å². The van der Waals surface area contributed by atoms with Gasteiger partial charge in [-0.3, -0.25) is 9.59 Å². The lowest BCUT2D eigenvalue weighted by Gasteiger charge is -2.25. The fraction of sp³-hybridized carbons (Fsp3) is 0.167. The van der Waals surface area contributed by atoms with Gasteiger partial charge in [0, 0.05) is 12.1 Å². The lowest BCUT2D eigenvalue weighted by Crippen LogP contribution is -2.40. The first-order valence-electron chi connectivity index (χ1n) is 9.78. The van der Waals surface area contributed by atoms with Crippen LogP contribution in [0.5, 0.6) is 23.0 Å². The van der Waals surface area contributed by atoms with Crippen molar-refractivity contribution >= 4 is 17.5 Å². The first-order chi connectivity index (χ1) is 15.1. The summed E-state index contributed by atoms with van der Waals surface area (Å²) in [6.07, 6.45) is 0. The second-order valence-electron chi connectivity index (χ2n) is 6.93. The van der Waals surface area contributed by atoms with Crippen LogP contribution in [0.3, 0.4) is 0 Å². The molecule has 1 aliphatic heterocycles. The molecule has 1 heterocycles. The Balaban J connectivity index is 1.66. The molecule has 1 unspecified atom stereocenters. The van der Waals surface area contributed by atoms with Crippen molar-refractivity contribution in [1.82, 2.24) is 5.32 Å². The molecule has 2 amide bonds. The summed E-state index contributed by atoms with van der Waals surface area (Å²) in [5.74, 6) is 0.923. The number of carbonyl (C=O) groups is 2. The number of anilines is 1. The van der Waals surface area contributed by atoms with E-state index in [1.807, 2.05) is 18.2 Å². The average Bonchev–Trinajstić information content (AvgIpc) is 2.80. The van der Waals surface area contributed by atoms with E-state index < -0.39 is 5.92 Å². The van der Waals surface area contributed by atoms with Crippen molar-refractivity contribution in [2.75, 3.05) is 26.1 Å². The van der Waals surface area contributed by atoms with Crippen molar-refractivity contribution in [3.8, 4) is 23.0 Å². The number of hydrogen-bond acceptors (Lipinski definition) is 5. The van der Waals surface area contributed by atoms with Crippen molar-refractivity contribution in [2.45, 2.75) is 5.92 Å². The zero-order valence-corrected chi connectivity index (χ0v) is 17.2. The van der Waals surface area contributed by atoms with E-state index in [0.29, 0.717) is 39.8 Å². The van der Waals surface area contributed by atoms with Crippen LogP contribution >= 0.6 is 0 Å². The van der Waals surface area contributed by atoms with E-state index in [4.69, 9.17) is 14.2 Å². The Morgan fingerprint density at radius 1 is 0.871 bits per heavy atom. The fourth-order valence-corrected chi connectivity index (χ4v) is 3.56. The molecule has 0 saturated heterocycles. The number of fused-ring (bicyclic) bond motifs is 1. The predicted molar refractivity (Wildman–Crippen MR) is 116 cm³/mol. The van der Waals surface area contributed by atoms with Crippen molar-refractivity contribution in [3.63, 3.8) is 0 Å². The summed E-state index contributed by atoms with van der Waals surface area (Å²) in [5.41, 5.74) is 1.58. The minimum absolute atomic E-state index is 0.183. The lowest BCUT2D eigenvalue weighted by molar-refractivity contribution is -0.117. The number of ether oxygens (including phenoxy) is 3. The van der Waals surface area contributed by atoms with Crippen LogP contribution < -0.4 is 24.8 Å². The van der Waals surface area contributed by atoms with Crippen LogP contribution in [0, 0.1) is 0 Å². The third-order valence-electron chi connectivity index (χ3n) is 5.11. The minimum Gasteiger partial charge on any atom is -0.494 e. The number of benzene rings is 3. The lowest BCUT2D eigenvalue weighted by atomic mass is 9.89. The highest BCUT2D eigenvalue weighted by molar-refractivity contribution is 6.04. The predicted octanol–water partition coefficient (Wildman–Crippen LogP) is 3.96. The highest BCUT2D eigenvalue weighted by atomic mass is 16.5. The van der Waals surface area contributed by atoms with Gasteiger partial charge in [-0.05, 0) is 35.9 Å². The molecule has 4 rings (SSSR count). The molecular weight excluding hydrogens is 396 g/mol. The summed E-state index contributed by atoms with van der Waals surface area (Å²) in [5, 5.41) is 5.71. The molecule has 3 aromatic carbocycles. The van der Waals surface area contributed by atoms with E-state index in [1.165, 1.54) is 7.11 Å². The third kappa shape index (κ3) is 4.02. The Hall–Kier alpha value is -4.00. The maximum absolute atomic E-state index is 13.2. The van der Waals surface area contributed by atoms with Crippen LogP contribution in [0.2, 0.25) is 0 Å². The average molecular weight is 418 g/mol. The van der Waals surface area contributed by atoms with Crippen LogP contribution in [0.15, 0.2) is 66.7 Å². The van der Waals surface area contributed by atoms with Crippen molar-refractivity contribution in [1.29, 1.82) is 0 Å². The molecule has 1 aliphatic rings. The monoisotopic (exact) mass is 418 g/mol. The number of methoxy groups -OCH3 is 2. The molecule has 7 nitrogen and oxygen atoms in total. The van der Waals surface area contributed by atoms with Crippen molar-refractivity contribution in [3.05, 3.63) is 77.9 Å². The number of hydrogen-bond donors (Lipinski definition) is 2. The van der Waals surface area contributed by atoms with Gasteiger partial charge >= 0.3 is 0 Å². The van der Waals surface area contributed by atoms with E-state index in [0.717, 1.165) is 0 Å². The maximum Gasteiger partial charge on any atom is 0.251 e. The van der Waals surface area contributed by atoms with E-state index in [9.17, 15) is 9.59 Å². The Morgan fingerprint density at radius 3 is 2.29 bits per heavy atom. The second kappa shape index (κ2) is 8.79. The SMILES string of the molecule is COc1ccccc1Oc1cccc(OC)c1NC(=O)C1CNC(=O)c2ccccc21. The standard InChI is InChI=1S/C24H22N2O5/c1-29-18-10-5-6-11-19(18)31-21-13-7-12-20(30-2)22(21)26-24(28)17-14-25-23(27)16-9-4-3-8-15(16)17/h3-13,17H,14H2,1-2H3,(H,25,27)(H,26,28). The summed E-state index contributed by atoms with van der Waals surface area (Å²) >= 11 is 0. The minimum atomic E-state index is -0.544. The fourth-order valence-electron chi connectivity index (χ4n) is 3.56. The molecule has 0 fully saturated rings. The largest absolute Gasteiger partial charge is 0.494 e. The number of nitrogens with one attached hydrogen (secondary N) is 2. The Kier molecular flexibility index (Phi) is 5.75. The first kappa shape index (κ1) is 20.3. The van der Waals surface area contributed by atoms with Gasteiger partial charge in [-0.15, -0.1) is 0 Å². The van der Waals surface area contributed by atoms with E-state index in [-0.39, 0.29) is 18.4 Å². The number of carbonyl (C=O) groups excluding carboxylic acids is 2. The van der Waals surface area contributed by atoms with Gasteiger partial charge in [-0.2, -0.15) is 0 Å². The maximum atomic E-state index is 13.2. The van der Waals surface area contributed by atoms with E-state index in [1.54, 1.807) is 55.6 Å². The molecule has 2 N–H and O–H groups in total. The summed E-state index contributed by atoms with van der Waals surface area (Å²) in [6, 6.07) is 19.6. The van der Waals surface area contributed by atoms with E-state index >= 15 is 0 Å². The molecule has 7 heteroatoms. The van der Waals surface area contributed by atoms with Crippen LogP contribution in [0.1, 0.15) is 21.8 Å². The van der Waals surface area contributed by atoms with Gasteiger partial charge in [-0.1, -0.05) is 36.4 Å². The third-order valence-corrected chi connectivity index (χ3v) is 5.11. The summed E-state index contributed by atoms with van der Waals surface area (Å²) in [4.78, 5) is 25.4. The van der Waals surface area contributed by atoms with Crippen molar-refractivity contribution in [2.24, 2.45) is 0 Å². The quantitative estimate of drug-likeness (QED) is 0.633. The van der Waals surface area contributed by atoms with Crippen LogP contribution in [-0.4, -0.2) is 32.6 Å². The molecule has 0 aliphatic carbocycles. The first-order valence-corrected chi connectivity index (χ1v) is 9.78. The molecule has 1 atom stereocenters. The van der Waals surface area contributed by atoms with Crippen LogP contribution in [0.4, 0.5) is 5.69 Å². The molecule has 0 aromatic heterocycles. The van der Waals surface area contributed by atoms with Gasteiger partial charge < -0.3 is 24.8 Å². The smallest absolute Gasteiger partial charge is 0.251 e. The zero-order valence-electron chi connectivity index (χ0n) is 17.2. The normalized spacial score (nSPS) is 14.8. The summed E-state index contributed by atoms with van der Waals surface area (Å²) in [6.45, 7) is 0.208. The Morgan fingerprint density at radius 2 is 1.52 bits per heavy atom. The van der Waals surface area contributed by atoms with Gasteiger partial charge in [0.1, 0.15) is 11.4 Å². The molecular formula is C24H22N2O5. The molecule has 3 aromatic rings. The highest BCUT2D eigenvalue weighted by Crippen LogP contribution is 2.40. The Labute approximate surface area is 179 Å². The Bertz CT molecular complexity index is 1130. The number of rotatable bonds is 6. The summed E-state index contributed by atoms with van der Waals surface area (Å²) in [7, 11) is 3.08.